The van der Waals surface area contributed by atoms with Crippen LogP contribution < -0.4 is 16.2 Å². The van der Waals surface area contributed by atoms with E-state index in [9.17, 15) is 0 Å². The number of aryl methyl sites for hydroxylation is 1. The molecule has 1 aromatic carbocycles. The summed E-state index contributed by atoms with van der Waals surface area (Å²) >= 11 is 0. The van der Waals surface area contributed by atoms with E-state index in [0.717, 1.165) is 24.2 Å². The maximum Gasteiger partial charge on any atom is 0.142 e. The van der Waals surface area contributed by atoms with Gasteiger partial charge in [0.15, 0.2) is 0 Å². The number of nitrogens with two attached hydrogens (primary N) is 2. The number of methoxy groups -OCH3 is 1. The van der Waals surface area contributed by atoms with Gasteiger partial charge in [0.1, 0.15) is 5.75 Å². The molecule has 0 bridgehead atoms. The van der Waals surface area contributed by atoms with Crippen molar-refractivity contribution < 1.29 is 4.74 Å². The Balaban J connectivity index is 2.56. The number of hydrogen-bond donors (Lipinski definition) is 2. The van der Waals surface area contributed by atoms with Crippen molar-refractivity contribution in [2.75, 3.05) is 12.8 Å². The third-order valence-corrected chi connectivity index (χ3v) is 2.65. The van der Waals surface area contributed by atoms with E-state index in [1.54, 1.807) is 7.11 Å². The van der Waals surface area contributed by atoms with Gasteiger partial charge in [0.25, 0.3) is 0 Å². The van der Waals surface area contributed by atoms with Gasteiger partial charge < -0.3 is 16.2 Å². The summed E-state index contributed by atoms with van der Waals surface area (Å²) < 4.78 is 5.14. The van der Waals surface area contributed by atoms with Crippen LogP contribution in [0.15, 0.2) is 12.1 Å². The van der Waals surface area contributed by atoms with E-state index < -0.39 is 0 Å². The molecular formula is C10H14N2O. The lowest BCUT2D eigenvalue weighted by molar-refractivity contribution is 0.416. The minimum Gasteiger partial charge on any atom is -0.495 e. The largest absolute Gasteiger partial charge is 0.495 e. The molecule has 0 saturated carbocycles. The zero-order valence-corrected chi connectivity index (χ0v) is 7.71. The molecule has 0 amide bonds. The minimum absolute atomic E-state index is 0.0881. The van der Waals surface area contributed by atoms with Gasteiger partial charge in [-0.25, -0.2) is 0 Å². The molecule has 0 radical (unpaired) electrons. The number of nitrogen functional groups attached to an aromatic ring is 1. The van der Waals surface area contributed by atoms with E-state index in [0.29, 0.717) is 5.69 Å². The fourth-order valence-corrected chi connectivity index (χ4v) is 1.95. The Morgan fingerprint density at radius 1 is 1.46 bits per heavy atom. The predicted octanol–water partition coefficient (Wildman–Crippen LogP) is 1.22. The molecule has 0 heterocycles. The first-order valence-corrected chi connectivity index (χ1v) is 4.45. The molecule has 0 aromatic heterocycles. The van der Waals surface area contributed by atoms with Gasteiger partial charge in [0, 0.05) is 6.04 Å². The van der Waals surface area contributed by atoms with E-state index in [-0.39, 0.29) is 6.04 Å². The van der Waals surface area contributed by atoms with Gasteiger partial charge in [0.05, 0.1) is 12.8 Å². The molecule has 0 saturated heterocycles. The lowest BCUT2D eigenvalue weighted by Crippen LogP contribution is -2.08. The zero-order valence-electron chi connectivity index (χ0n) is 7.71. The highest BCUT2D eigenvalue weighted by Crippen LogP contribution is 2.38. The third kappa shape index (κ3) is 1.16. The maximum atomic E-state index is 5.94. The molecule has 1 aromatic rings. The highest BCUT2D eigenvalue weighted by molar-refractivity contribution is 5.63. The SMILES string of the molecule is COc1ccc2c(c1N)C(N)CC2. The van der Waals surface area contributed by atoms with E-state index in [2.05, 4.69) is 6.07 Å². The second kappa shape index (κ2) is 2.92. The average molecular weight is 178 g/mol. The molecule has 1 atom stereocenters. The lowest BCUT2D eigenvalue weighted by atomic mass is 10.1. The van der Waals surface area contributed by atoms with Crippen LogP contribution in [0.2, 0.25) is 0 Å². The second-order valence-corrected chi connectivity index (χ2v) is 3.40. The van der Waals surface area contributed by atoms with Gasteiger partial charge in [-0.1, -0.05) is 6.07 Å². The molecule has 1 unspecified atom stereocenters. The molecule has 0 spiro atoms. The Labute approximate surface area is 77.7 Å². The Bertz CT molecular complexity index is 336. The normalized spacial score (nSPS) is 20.0. The fraction of sp³-hybridized carbons (Fsp3) is 0.400. The van der Waals surface area contributed by atoms with Crippen molar-refractivity contribution in [3.05, 3.63) is 23.3 Å². The van der Waals surface area contributed by atoms with Gasteiger partial charge in [-0.2, -0.15) is 0 Å². The summed E-state index contributed by atoms with van der Waals surface area (Å²) in [5, 5.41) is 0. The molecule has 70 valence electrons. The Hall–Kier alpha value is -1.22. The summed E-state index contributed by atoms with van der Waals surface area (Å²) in [5.74, 6) is 0.733. The van der Waals surface area contributed by atoms with Gasteiger partial charge in [-0.3, -0.25) is 0 Å². The Kier molecular flexibility index (Phi) is 1.88. The molecule has 3 nitrogen and oxygen atoms in total. The van der Waals surface area contributed by atoms with Crippen LogP contribution in [0.25, 0.3) is 0 Å². The van der Waals surface area contributed by atoms with Crippen molar-refractivity contribution in [1.82, 2.24) is 0 Å². The predicted molar refractivity (Wildman–Crippen MR) is 52.7 cm³/mol. The van der Waals surface area contributed by atoms with E-state index in [1.165, 1.54) is 5.56 Å². The number of anilines is 1. The average Bonchev–Trinajstić information content (AvgIpc) is 2.49. The first-order valence-electron chi connectivity index (χ1n) is 4.45. The lowest BCUT2D eigenvalue weighted by Gasteiger charge is -2.12. The smallest absolute Gasteiger partial charge is 0.142 e. The van der Waals surface area contributed by atoms with Crippen molar-refractivity contribution in [1.29, 1.82) is 0 Å². The standard InChI is InChI=1S/C10H14N2O/c1-13-8-5-3-6-2-4-7(11)9(6)10(8)12/h3,5,7H,2,4,11-12H2,1H3. The van der Waals surface area contributed by atoms with Gasteiger partial charge in [-0.15, -0.1) is 0 Å². The van der Waals surface area contributed by atoms with E-state index in [4.69, 9.17) is 16.2 Å². The summed E-state index contributed by atoms with van der Waals surface area (Å²) in [5.41, 5.74) is 14.9. The van der Waals surface area contributed by atoms with E-state index >= 15 is 0 Å². The first kappa shape index (κ1) is 8.38. The van der Waals surface area contributed by atoms with Crippen LogP contribution >= 0.6 is 0 Å². The van der Waals surface area contributed by atoms with Crippen molar-refractivity contribution in [3.8, 4) is 5.75 Å². The van der Waals surface area contributed by atoms with Crippen LogP contribution in [0.5, 0.6) is 5.75 Å². The molecule has 0 aliphatic heterocycles. The third-order valence-electron chi connectivity index (χ3n) is 2.65. The molecular weight excluding hydrogens is 164 g/mol. The highest BCUT2D eigenvalue weighted by Gasteiger charge is 2.23. The summed E-state index contributed by atoms with van der Waals surface area (Å²) in [7, 11) is 1.62. The monoisotopic (exact) mass is 178 g/mol. The number of rotatable bonds is 1. The number of hydrogen-bond acceptors (Lipinski definition) is 3. The van der Waals surface area contributed by atoms with Crippen molar-refractivity contribution in [3.63, 3.8) is 0 Å². The quantitative estimate of drug-likeness (QED) is 0.636. The molecule has 1 aliphatic carbocycles. The van der Waals surface area contributed by atoms with Gasteiger partial charge >= 0.3 is 0 Å². The molecule has 1 aliphatic rings. The molecule has 0 fully saturated rings. The summed E-state index contributed by atoms with van der Waals surface area (Å²) in [4.78, 5) is 0. The van der Waals surface area contributed by atoms with Crippen molar-refractivity contribution in [2.45, 2.75) is 18.9 Å². The van der Waals surface area contributed by atoms with Gasteiger partial charge in [-0.05, 0) is 30.0 Å². The Morgan fingerprint density at radius 2 is 2.23 bits per heavy atom. The fourth-order valence-electron chi connectivity index (χ4n) is 1.95. The minimum atomic E-state index is 0.0881. The molecule has 13 heavy (non-hydrogen) atoms. The van der Waals surface area contributed by atoms with Crippen LogP contribution in [0.1, 0.15) is 23.6 Å². The van der Waals surface area contributed by atoms with Crippen LogP contribution in [0, 0.1) is 0 Å². The van der Waals surface area contributed by atoms with Crippen LogP contribution in [0.3, 0.4) is 0 Å². The number of fused-ring (bicyclic) bond motifs is 1. The Morgan fingerprint density at radius 3 is 2.92 bits per heavy atom. The van der Waals surface area contributed by atoms with Crippen molar-refractivity contribution >= 4 is 5.69 Å². The van der Waals surface area contributed by atoms with Crippen LogP contribution in [0.4, 0.5) is 5.69 Å². The van der Waals surface area contributed by atoms with Gasteiger partial charge in [0.2, 0.25) is 0 Å². The van der Waals surface area contributed by atoms with Crippen LogP contribution in [-0.4, -0.2) is 7.11 Å². The number of benzene rings is 1. The first-order chi connectivity index (χ1) is 6.24. The summed E-state index contributed by atoms with van der Waals surface area (Å²) in [6.45, 7) is 0. The van der Waals surface area contributed by atoms with Crippen LogP contribution in [-0.2, 0) is 6.42 Å². The highest BCUT2D eigenvalue weighted by atomic mass is 16.5. The molecule has 4 N–H and O–H groups in total. The maximum absolute atomic E-state index is 5.94. The molecule has 3 heteroatoms. The number of ether oxygens (including phenoxy) is 1. The zero-order chi connectivity index (χ0) is 9.42. The van der Waals surface area contributed by atoms with E-state index in [1.807, 2.05) is 6.07 Å². The second-order valence-electron chi connectivity index (χ2n) is 3.40. The molecule has 2 rings (SSSR count). The van der Waals surface area contributed by atoms with Crippen molar-refractivity contribution in [2.24, 2.45) is 5.73 Å². The summed E-state index contributed by atoms with van der Waals surface area (Å²) in [6, 6.07) is 4.05. The summed E-state index contributed by atoms with van der Waals surface area (Å²) in [6.07, 6.45) is 2.03. The topological polar surface area (TPSA) is 61.3 Å².